The highest BCUT2D eigenvalue weighted by Crippen LogP contribution is 2.28. The van der Waals surface area contributed by atoms with Crippen LogP contribution in [0.25, 0.3) is 0 Å². The highest BCUT2D eigenvalue weighted by molar-refractivity contribution is 5.03. The van der Waals surface area contributed by atoms with Crippen molar-refractivity contribution in [2.75, 3.05) is 0 Å². The van der Waals surface area contributed by atoms with Crippen molar-refractivity contribution in [3.05, 3.63) is 11.6 Å². The lowest BCUT2D eigenvalue weighted by atomic mass is 9.82. The van der Waals surface area contributed by atoms with Gasteiger partial charge in [0.1, 0.15) is 0 Å². The van der Waals surface area contributed by atoms with Crippen molar-refractivity contribution in [1.82, 2.24) is 5.32 Å². The van der Waals surface area contributed by atoms with Gasteiger partial charge in [-0.3, -0.25) is 0 Å². The third-order valence-corrected chi connectivity index (χ3v) is 4.42. The highest BCUT2D eigenvalue weighted by atomic mass is 15.0. The molecule has 0 spiro atoms. The molecule has 0 bridgehead atoms. The van der Waals surface area contributed by atoms with Crippen LogP contribution in [0.15, 0.2) is 11.6 Å². The molecule has 0 aromatic heterocycles. The van der Waals surface area contributed by atoms with Crippen LogP contribution in [0.5, 0.6) is 0 Å². The summed E-state index contributed by atoms with van der Waals surface area (Å²) >= 11 is 0. The van der Waals surface area contributed by atoms with E-state index < -0.39 is 0 Å². The van der Waals surface area contributed by atoms with Gasteiger partial charge in [0.25, 0.3) is 0 Å². The van der Waals surface area contributed by atoms with E-state index in [1.54, 1.807) is 0 Å². The molecule has 1 nitrogen and oxygen atoms in total. The van der Waals surface area contributed by atoms with Crippen LogP contribution in [0.4, 0.5) is 0 Å². The van der Waals surface area contributed by atoms with E-state index >= 15 is 0 Å². The molecule has 2 aliphatic rings. The Kier molecular flexibility index (Phi) is 5.09. The van der Waals surface area contributed by atoms with Crippen molar-refractivity contribution in [1.29, 1.82) is 0 Å². The minimum Gasteiger partial charge on any atom is -0.311 e. The number of hydrogen-bond donors (Lipinski definition) is 1. The van der Waals surface area contributed by atoms with E-state index in [2.05, 4.69) is 25.2 Å². The van der Waals surface area contributed by atoms with E-state index in [1.807, 2.05) is 0 Å². The Bertz CT molecular complexity index is 246. The van der Waals surface area contributed by atoms with E-state index in [0.717, 1.165) is 18.0 Å². The van der Waals surface area contributed by atoms with E-state index in [0.29, 0.717) is 0 Å². The van der Waals surface area contributed by atoms with Crippen LogP contribution in [0, 0.1) is 5.92 Å². The molecule has 2 rings (SSSR count). The van der Waals surface area contributed by atoms with Crippen LogP contribution in [0.2, 0.25) is 0 Å². The van der Waals surface area contributed by atoms with Gasteiger partial charge in [0.15, 0.2) is 0 Å². The quantitative estimate of drug-likeness (QED) is 0.713. The minimum absolute atomic E-state index is 0.766. The lowest BCUT2D eigenvalue weighted by Crippen LogP contribution is -2.44. The first kappa shape index (κ1) is 13.1. The van der Waals surface area contributed by atoms with Gasteiger partial charge in [0, 0.05) is 12.1 Å². The van der Waals surface area contributed by atoms with Crippen LogP contribution >= 0.6 is 0 Å². The van der Waals surface area contributed by atoms with Crippen molar-refractivity contribution in [2.24, 2.45) is 5.92 Å². The molecule has 0 radical (unpaired) electrons. The molecule has 2 fully saturated rings. The Morgan fingerprint density at radius 1 is 0.882 bits per heavy atom. The van der Waals surface area contributed by atoms with E-state index in [4.69, 9.17) is 0 Å². The molecule has 0 aromatic rings. The summed E-state index contributed by atoms with van der Waals surface area (Å²) < 4.78 is 0. The maximum Gasteiger partial charge on any atom is 0.0132 e. The van der Waals surface area contributed by atoms with Crippen molar-refractivity contribution >= 4 is 0 Å². The van der Waals surface area contributed by atoms with Crippen LogP contribution in [0.3, 0.4) is 0 Å². The van der Waals surface area contributed by atoms with Crippen LogP contribution < -0.4 is 5.32 Å². The average molecular weight is 235 g/mol. The molecular formula is C16H29N. The van der Waals surface area contributed by atoms with Gasteiger partial charge in [0.05, 0.1) is 0 Å². The largest absolute Gasteiger partial charge is 0.311 e. The molecule has 1 N–H and O–H groups in total. The van der Waals surface area contributed by atoms with Gasteiger partial charge < -0.3 is 5.32 Å². The Labute approximate surface area is 107 Å². The molecule has 2 aliphatic carbocycles. The summed E-state index contributed by atoms with van der Waals surface area (Å²) in [6, 6.07) is 1.58. The molecule has 0 saturated heterocycles. The smallest absolute Gasteiger partial charge is 0.0132 e. The SMILES string of the molecule is CC(C)=CC1CCCCC1NC1CCCCC1. The number of allylic oxidation sites excluding steroid dienone is 1. The zero-order valence-corrected chi connectivity index (χ0v) is 11.7. The fraction of sp³-hybridized carbons (Fsp3) is 0.875. The highest BCUT2D eigenvalue weighted by Gasteiger charge is 2.26. The molecular weight excluding hydrogens is 206 g/mol. The minimum atomic E-state index is 0.766. The third-order valence-electron chi connectivity index (χ3n) is 4.42. The molecule has 0 heterocycles. The predicted octanol–water partition coefficient (Wildman–Crippen LogP) is 4.43. The molecule has 98 valence electrons. The molecule has 17 heavy (non-hydrogen) atoms. The van der Waals surface area contributed by atoms with E-state index in [-0.39, 0.29) is 0 Å². The Morgan fingerprint density at radius 2 is 1.53 bits per heavy atom. The van der Waals surface area contributed by atoms with E-state index in [9.17, 15) is 0 Å². The monoisotopic (exact) mass is 235 g/mol. The lowest BCUT2D eigenvalue weighted by molar-refractivity contribution is 0.251. The summed E-state index contributed by atoms with van der Waals surface area (Å²) in [5.74, 6) is 0.802. The summed E-state index contributed by atoms with van der Waals surface area (Å²) in [5, 5.41) is 3.97. The van der Waals surface area contributed by atoms with Gasteiger partial charge in [0.2, 0.25) is 0 Å². The molecule has 0 aromatic carbocycles. The maximum atomic E-state index is 3.97. The fourth-order valence-electron chi connectivity index (χ4n) is 3.57. The van der Waals surface area contributed by atoms with Crippen molar-refractivity contribution < 1.29 is 0 Å². The molecule has 2 unspecified atom stereocenters. The summed E-state index contributed by atoms with van der Waals surface area (Å²) in [4.78, 5) is 0. The first-order valence-electron chi connectivity index (χ1n) is 7.67. The Morgan fingerprint density at radius 3 is 2.24 bits per heavy atom. The lowest BCUT2D eigenvalue weighted by Gasteiger charge is -2.35. The zero-order valence-electron chi connectivity index (χ0n) is 11.7. The fourth-order valence-corrected chi connectivity index (χ4v) is 3.57. The van der Waals surface area contributed by atoms with Gasteiger partial charge in [-0.15, -0.1) is 0 Å². The topological polar surface area (TPSA) is 12.0 Å². The van der Waals surface area contributed by atoms with Gasteiger partial charge >= 0.3 is 0 Å². The Balaban J connectivity index is 1.89. The van der Waals surface area contributed by atoms with Gasteiger partial charge in [-0.25, -0.2) is 0 Å². The van der Waals surface area contributed by atoms with Gasteiger partial charge in [-0.2, -0.15) is 0 Å². The van der Waals surface area contributed by atoms with E-state index in [1.165, 1.54) is 63.4 Å². The second kappa shape index (κ2) is 6.58. The van der Waals surface area contributed by atoms with Gasteiger partial charge in [-0.1, -0.05) is 43.8 Å². The Hall–Kier alpha value is -0.300. The zero-order chi connectivity index (χ0) is 12.1. The maximum absolute atomic E-state index is 3.97. The first-order chi connectivity index (χ1) is 8.25. The number of nitrogens with one attached hydrogen (secondary N) is 1. The molecule has 2 atom stereocenters. The molecule has 1 heteroatoms. The second-order valence-corrected chi connectivity index (χ2v) is 6.30. The summed E-state index contributed by atoms with van der Waals surface area (Å²) in [6.45, 7) is 4.48. The number of hydrogen-bond acceptors (Lipinski definition) is 1. The normalized spacial score (nSPS) is 31.2. The summed E-state index contributed by atoms with van der Waals surface area (Å²) in [7, 11) is 0. The number of rotatable bonds is 3. The summed E-state index contributed by atoms with van der Waals surface area (Å²) in [6.07, 6.45) is 15.3. The standard InChI is InChI=1S/C16H29N/c1-13(2)12-14-8-6-7-11-16(14)17-15-9-4-3-5-10-15/h12,14-17H,3-11H2,1-2H3. The van der Waals surface area contributed by atoms with Crippen molar-refractivity contribution in [3.8, 4) is 0 Å². The van der Waals surface area contributed by atoms with Crippen molar-refractivity contribution in [2.45, 2.75) is 83.7 Å². The average Bonchev–Trinajstić information content (AvgIpc) is 2.32. The first-order valence-corrected chi connectivity index (χ1v) is 7.67. The van der Waals surface area contributed by atoms with Crippen molar-refractivity contribution in [3.63, 3.8) is 0 Å². The molecule has 0 amide bonds. The third kappa shape index (κ3) is 4.13. The second-order valence-electron chi connectivity index (χ2n) is 6.30. The predicted molar refractivity (Wildman–Crippen MR) is 75.2 cm³/mol. The van der Waals surface area contributed by atoms with Crippen LogP contribution in [-0.2, 0) is 0 Å². The molecule has 2 saturated carbocycles. The van der Waals surface area contributed by atoms with Crippen LogP contribution in [-0.4, -0.2) is 12.1 Å². The molecule has 0 aliphatic heterocycles. The van der Waals surface area contributed by atoms with Crippen LogP contribution in [0.1, 0.15) is 71.6 Å². The van der Waals surface area contributed by atoms with Gasteiger partial charge in [-0.05, 0) is 45.4 Å². The summed E-state index contributed by atoms with van der Waals surface area (Å²) in [5.41, 5.74) is 1.49.